The van der Waals surface area contributed by atoms with Gasteiger partial charge in [-0.25, -0.2) is 0 Å². The second-order valence-corrected chi connectivity index (χ2v) is 5.69. The minimum absolute atomic E-state index is 0.729. The number of halogens is 1. The Morgan fingerprint density at radius 3 is 2.52 bits per heavy atom. The summed E-state index contributed by atoms with van der Waals surface area (Å²) in [6.45, 7) is 2.42. The summed E-state index contributed by atoms with van der Waals surface area (Å²) in [7, 11) is 3.79. The van der Waals surface area contributed by atoms with E-state index in [4.69, 9.17) is 4.74 Å². The van der Waals surface area contributed by atoms with E-state index in [1.807, 2.05) is 6.07 Å². The van der Waals surface area contributed by atoms with Crippen molar-refractivity contribution in [1.29, 1.82) is 0 Å². The van der Waals surface area contributed by atoms with Crippen LogP contribution in [0, 0.1) is 0 Å². The van der Waals surface area contributed by atoms with Crippen LogP contribution in [0.15, 0.2) is 53.0 Å². The molecule has 4 heteroatoms. The smallest absolute Gasteiger partial charge is 0.0587 e. The quantitative estimate of drug-likeness (QED) is 0.766. The first kappa shape index (κ1) is 16.0. The number of nitrogens with one attached hydrogen (secondary N) is 1. The average molecular weight is 349 g/mol. The number of anilines is 2. The van der Waals surface area contributed by atoms with Crippen molar-refractivity contribution >= 4 is 27.3 Å². The van der Waals surface area contributed by atoms with Crippen LogP contribution in [0.5, 0.6) is 0 Å². The van der Waals surface area contributed by atoms with E-state index in [0.717, 1.165) is 29.9 Å². The van der Waals surface area contributed by atoms with Crippen molar-refractivity contribution in [3.8, 4) is 0 Å². The molecule has 0 amide bonds. The molecule has 2 aromatic rings. The summed E-state index contributed by atoms with van der Waals surface area (Å²) < 4.78 is 6.15. The molecule has 0 radical (unpaired) electrons. The Hall–Kier alpha value is -1.36. The molecule has 0 unspecified atom stereocenters. The van der Waals surface area contributed by atoms with E-state index in [2.05, 4.69) is 75.7 Å². The lowest BCUT2D eigenvalue weighted by Gasteiger charge is -2.20. The molecule has 0 aromatic heterocycles. The van der Waals surface area contributed by atoms with Crippen LogP contribution in [0.2, 0.25) is 0 Å². The molecule has 0 saturated carbocycles. The second-order valence-electron chi connectivity index (χ2n) is 4.84. The molecule has 0 fully saturated rings. The van der Waals surface area contributed by atoms with Crippen molar-refractivity contribution in [3.63, 3.8) is 0 Å². The molecule has 0 aliphatic carbocycles. The molecule has 3 nitrogen and oxygen atoms in total. The summed E-state index contributed by atoms with van der Waals surface area (Å²) in [6.07, 6.45) is 0. The lowest BCUT2D eigenvalue weighted by atomic mass is 10.2. The van der Waals surface area contributed by atoms with Gasteiger partial charge in [0.1, 0.15) is 0 Å². The maximum Gasteiger partial charge on any atom is 0.0587 e. The molecule has 1 N–H and O–H groups in total. The van der Waals surface area contributed by atoms with E-state index in [-0.39, 0.29) is 0 Å². The fraction of sp³-hybridized carbons (Fsp3) is 0.294. The summed E-state index contributed by atoms with van der Waals surface area (Å²) in [5, 5.41) is 3.36. The molecular weight excluding hydrogens is 328 g/mol. The van der Waals surface area contributed by atoms with Crippen LogP contribution >= 0.6 is 15.9 Å². The van der Waals surface area contributed by atoms with Gasteiger partial charge in [-0.2, -0.15) is 0 Å². The average Bonchev–Trinajstić information content (AvgIpc) is 2.53. The van der Waals surface area contributed by atoms with Gasteiger partial charge in [-0.1, -0.05) is 40.2 Å². The zero-order chi connectivity index (χ0) is 15.1. The van der Waals surface area contributed by atoms with E-state index in [9.17, 15) is 0 Å². The van der Waals surface area contributed by atoms with Gasteiger partial charge < -0.3 is 15.0 Å². The summed E-state index contributed by atoms with van der Waals surface area (Å²) in [4.78, 5) is 2.17. The van der Waals surface area contributed by atoms with Crippen LogP contribution in [-0.2, 0) is 11.3 Å². The molecule has 2 aromatic carbocycles. The molecule has 0 atom stereocenters. The Bertz CT molecular complexity index is 560. The third kappa shape index (κ3) is 4.56. The van der Waals surface area contributed by atoms with E-state index in [1.54, 1.807) is 7.11 Å². The fourth-order valence-corrected chi connectivity index (χ4v) is 2.59. The Labute approximate surface area is 135 Å². The number of para-hydroxylation sites is 1. The van der Waals surface area contributed by atoms with Crippen molar-refractivity contribution in [1.82, 2.24) is 5.32 Å². The molecule has 0 bridgehead atoms. The van der Waals surface area contributed by atoms with E-state index in [0.29, 0.717) is 0 Å². The normalized spacial score (nSPS) is 10.6. The van der Waals surface area contributed by atoms with E-state index in [1.165, 1.54) is 11.3 Å². The Morgan fingerprint density at radius 2 is 1.86 bits per heavy atom. The standard InChI is InChI=1S/C17H21BrN2O/c1-20(15-6-4-3-5-7-15)16-9-8-14(17(18)12-16)13-19-10-11-21-2/h3-9,12,19H,10-11,13H2,1-2H3. The molecule has 0 spiro atoms. The zero-order valence-corrected chi connectivity index (χ0v) is 14.1. The van der Waals surface area contributed by atoms with Gasteiger partial charge in [-0.3, -0.25) is 0 Å². The monoisotopic (exact) mass is 348 g/mol. The number of hydrogen-bond donors (Lipinski definition) is 1. The van der Waals surface area contributed by atoms with Gasteiger partial charge in [0.2, 0.25) is 0 Å². The highest BCUT2D eigenvalue weighted by Crippen LogP contribution is 2.28. The minimum Gasteiger partial charge on any atom is -0.383 e. The second kappa shape index (κ2) is 8.17. The molecule has 0 heterocycles. The Balaban J connectivity index is 2.04. The minimum atomic E-state index is 0.729. The number of methoxy groups -OCH3 is 1. The first-order valence-corrected chi connectivity index (χ1v) is 7.78. The maximum absolute atomic E-state index is 5.03. The van der Waals surface area contributed by atoms with Crippen molar-refractivity contribution in [2.24, 2.45) is 0 Å². The van der Waals surface area contributed by atoms with Gasteiger partial charge in [0, 0.05) is 43.1 Å². The number of benzene rings is 2. The number of ether oxygens (including phenoxy) is 1. The SMILES string of the molecule is COCCNCc1ccc(N(C)c2ccccc2)cc1Br. The van der Waals surface area contributed by atoms with E-state index < -0.39 is 0 Å². The first-order valence-electron chi connectivity index (χ1n) is 6.99. The molecular formula is C17H21BrN2O. The number of rotatable bonds is 7. The van der Waals surface area contributed by atoms with Crippen molar-refractivity contribution in [3.05, 3.63) is 58.6 Å². The summed E-state index contributed by atoms with van der Waals surface area (Å²) >= 11 is 3.66. The topological polar surface area (TPSA) is 24.5 Å². The summed E-state index contributed by atoms with van der Waals surface area (Å²) in [5.74, 6) is 0. The first-order chi connectivity index (χ1) is 10.2. The van der Waals surface area contributed by atoms with Crippen LogP contribution in [0.4, 0.5) is 11.4 Å². The van der Waals surface area contributed by atoms with Gasteiger partial charge in [-0.05, 0) is 29.8 Å². The molecule has 0 aliphatic rings. The van der Waals surface area contributed by atoms with Gasteiger partial charge >= 0.3 is 0 Å². The molecule has 2 rings (SSSR count). The van der Waals surface area contributed by atoms with E-state index >= 15 is 0 Å². The largest absolute Gasteiger partial charge is 0.383 e. The fourth-order valence-electron chi connectivity index (χ4n) is 2.09. The van der Waals surface area contributed by atoms with Gasteiger partial charge in [-0.15, -0.1) is 0 Å². The third-order valence-corrected chi connectivity index (χ3v) is 4.10. The lowest BCUT2D eigenvalue weighted by molar-refractivity contribution is 0.199. The predicted octanol–water partition coefficient (Wildman–Crippen LogP) is 3.95. The third-order valence-electron chi connectivity index (χ3n) is 3.37. The highest BCUT2D eigenvalue weighted by molar-refractivity contribution is 9.10. The van der Waals surface area contributed by atoms with Crippen molar-refractivity contribution in [2.75, 3.05) is 32.2 Å². The van der Waals surface area contributed by atoms with Crippen molar-refractivity contribution < 1.29 is 4.74 Å². The zero-order valence-electron chi connectivity index (χ0n) is 12.5. The highest BCUT2D eigenvalue weighted by Gasteiger charge is 2.06. The number of nitrogens with zero attached hydrogens (tertiary/aromatic N) is 1. The van der Waals surface area contributed by atoms with Gasteiger partial charge in [0.05, 0.1) is 6.61 Å². The maximum atomic E-state index is 5.03. The lowest BCUT2D eigenvalue weighted by Crippen LogP contribution is -2.19. The Morgan fingerprint density at radius 1 is 1.10 bits per heavy atom. The van der Waals surface area contributed by atoms with Crippen LogP contribution in [0.25, 0.3) is 0 Å². The summed E-state index contributed by atoms with van der Waals surface area (Å²) in [5.41, 5.74) is 3.58. The van der Waals surface area contributed by atoms with Crippen LogP contribution < -0.4 is 10.2 Å². The molecule has 0 aliphatic heterocycles. The van der Waals surface area contributed by atoms with Crippen LogP contribution in [0.3, 0.4) is 0 Å². The Kier molecular flexibility index (Phi) is 6.23. The summed E-state index contributed by atoms with van der Waals surface area (Å²) in [6, 6.07) is 16.8. The molecule has 0 saturated heterocycles. The van der Waals surface area contributed by atoms with Crippen LogP contribution in [0.1, 0.15) is 5.56 Å². The highest BCUT2D eigenvalue weighted by atomic mass is 79.9. The van der Waals surface area contributed by atoms with Crippen LogP contribution in [-0.4, -0.2) is 27.3 Å². The number of hydrogen-bond acceptors (Lipinski definition) is 3. The van der Waals surface area contributed by atoms with Gasteiger partial charge in [0.25, 0.3) is 0 Å². The predicted molar refractivity (Wildman–Crippen MR) is 92.2 cm³/mol. The molecule has 112 valence electrons. The molecule has 21 heavy (non-hydrogen) atoms. The van der Waals surface area contributed by atoms with Crippen molar-refractivity contribution in [2.45, 2.75) is 6.54 Å². The van der Waals surface area contributed by atoms with Gasteiger partial charge in [0.15, 0.2) is 0 Å².